The zero-order chi connectivity index (χ0) is 2.71. The smallest absolute Gasteiger partial charge is 0.274 e. The van der Waals surface area contributed by atoms with Gasteiger partial charge in [-0.05, 0) is 0 Å². The van der Waals surface area contributed by atoms with E-state index in [2.05, 4.69) is 0 Å². The van der Waals surface area contributed by atoms with Gasteiger partial charge in [0, 0.05) is 113 Å². The molecule has 0 atom stereocenters. The van der Waals surface area contributed by atoms with E-state index < -0.39 is 9.29 Å². The minimum Gasteiger partial charge on any atom is -0.274 e. The van der Waals surface area contributed by atoms with Gasteiger partial charge in [0.05, 0.1) is 0 Å². The van der Waals surface area contributed by atoms with Crippen LogP contribution in [0.3, 0.4) is 0 Å². The van der Waals surface area contributed by atoms with Crippen molar-refractivity contribution in [3.63, 3.8) is 0 Å². The first-order chi connectivity index (χ1) is 1.41. The predicted molar refractivity (Wildman–Crippen MR) is 27.6 cm³/mol. The van der Waals surface area contributed by atoms with Crippen molar-refractivity contribution in [2.45, 2.75) is 0 Å². The van der Waals surface area contributed by atoms with Gasteiger partial charge in [-0.3, -0.25) is 8.92 Å². The Bertz CT molecular complexity index is 34.5. The molecule has 0 rings (SSSR count). The van der Waals surface area contributed by atoms with Crippen LogP contribution in [0.5, 0.6) is 0 Å². The summed E-state index contributed by atoms with van der Waals surface area (Å²) in [6.45, 7) is 0. The molecule has 0 N–H and O–H groups in total. The van der Waals surface area contributed by atoms with Gasteiger partial charge in [0.1, 0.15) is 0 Å². The summed E-state index contributed by atoms with van der Waals surface area (Å²) in [5.74, 6) is 0. The molecule has 0 spiro atoms. The molecule has 0 aromatic heterocycles. The number of rotatable bonds is 0. The SMILES string of the molecule is O=[Si]=O.[Br].[Cs].[Pb]. The minimum absolute atomic E-state index is 0. The van der Waals surface area contributed by atoms with Crippen LogP contribution in [0.1, 0.15) is 0 Å². The maximum absolute atomic E-state index is 8.40. The third-order valence-corrected chi connectivity index (χ3v) is 0. The monoisotopic (exact) mass is 480 g/mol. The Morgan fingerprint density at radius 2 is 1.17 bits per heavy atom. The summed E-state index contributed by atoms with van der Waals surface area (Å²) in [6, 6.07) is 0. The fourth-order valence-electron chi connectivity index (χ4n) is 0. The number of halogens is 1. The molecule has 0 unspecified atom stereocenters. The van der Waals surface area contributed by atoms with E-state index >= 15 is 0 Å². The Hall–Kier alpha value is 3.27. The van der Waals surface area contributed by atoms with E-state index in [1.807, 2.05) is 0 Å². The third kappa shape index (κ3) is 26.7. The standard InChI is InChI=1S/Br.Cs.O2Si.Pb/c;;1-3-2;. The van der Waals surface area contributed by atoms with Crippen molar-refractivity contribution in [3.8, 4) is 0 Å². The van der Waals surface area contributed by atoms with E-state index in [1.54, 1.807) is 0 Å². The average Bonchev–Trinajstić information content (AvgIpc) is 0.918. The van der Waals surface area contributed by atoms with Crippen molar-refractivity contribution in [2.24, 2.45) is 0 Å². The molecule has 0 saturated heterocycles. The van der Waals surface area contributed by atoms with Gasteiger partial charge < -0.3 is 0 Å². The third-order valence-electron chi connectivity index (χ3n) is 0. The molecule has 0 amide bonds. The molecule has 0 aliphatic rings. The fraction of sp³-hybridized carbons (Fsp3) is 0. The van der Waals surface area contributed by atoms with E-state index in [1.165, 1.54) is 0 Å². The molecule has 2 nitrogen and oxygen atoms in total. The van der Waals surface area contributed by atoms with Crippen LogP contribution in [0.2, 0.25) is 0 Å². The van der Waals surface area contributed by atoms with Gasteiger partial charge in [0.25, 0.3) is 0 Å². The van der Waals surface area contributed by atoms with Crippen LogP contribution in [0.15, 0.2) is 0 Å². The van der Waals surface area contributed by atoms with Crippen molar-refractivity contribution in [2.75, 3.05) is 0 Å². The van der Waals surface area contributed by atoms with Gasteiger partial charge in [0.2, 0.25) is 0 Å². The molecule has 0 aliphatic heterocycles. The molecule has 6 radical (unpaired) electrons. The van der Waals surface area contributed by atoms with Gasteiger partial charge in [-0.15, -0.1) is 0 Å². The first-order valence-electron chi connectivity index (χ1n) is 0.408. The van der Waals surface area contributed by atoms with E-state index in [9.17, 15) is 0 Å². The Balaban J connectivity index is -0.00000000667. The summed E-state index contributed by atoms with van der Waals surface area (Å²) >= 11 is 0. The second-order valence-electron chi connectivity index (χ2n) is 0.0833. The molecule has 6 heavy (non-hydrogen) atoms. The minimum atomic E-state index is -1.42. The molecule has 0 bridgehead atoms. The molecule has 0 heterocycles. The summed E-state index contributed by atoms with van der Waals surface area (Å²) in [5, 5.41) is 0. The van der Waals surface area contributed by atoms with E-state index in [0.717, 1.165) is 0 Å². The summed E-state index contributed by atoms with van der Waals surface area (Å²) in [6.07, 6.45) is 0. The maximum atomic E-state index is 8.40. The van der Waals surface area contributed by atoms with Gasteiger partial charge in [-0.1, -0.05) is 0 Å². The Kier molecular flexibility index (Phi) is 91.2. The van der Waals surface area contributed by atoms with E-state index in [0.29, 0.717) is 0 Å². The molecule has 0 aromatic carbocycles. The van der Waals surface area contributed by atoms with Gasteiger partial charge in [-0.2, -0.15) is 0 Å². The Morgan fingerprint density at radius 3 is 1.17 bits per heavy atom. The molecule has 0 aliphatic carbocycles. The molecule has 0 aromatic rings. The molecular formula is BrCsO2PbSi. The average molecular weight is 480 g/mol. The van der Waals surface area contributed by atoms with E-state index in [-0.39, 0.29) is 113 Å². The summed E-state index contributed by atoms with van der Waals surface area (Å²) < 4.78 is 16.8. The number of hydrogen-bond donors (Lipinski definition) is 0. The van der Waals surface area contributed by atoms with Crippen LogP contribution in [-0.2, 0) is 8.92 Å². The largest absolute Gasteiger partial charge is 0.549 e. The number of hydrogen-bond acceptors (Lipinski definition) is 2. The fourth-order valence-corrected chi connectivity index (χ4v) is 0. The van der Waals surface area contributed by atoms with Crippen molar-refractivity contribution >= 4 is 122 Å². The van der Waals surface area contributed by atoms with Gasteiger partial charge in [-0.25, -0.2) is 0 Å². The van der Waals surface area contributed by atoms with Crippen LogP contribution >= 0.6 is 17.0 Å². The molecule has 28 valence electrons. The normalized spacial score (nSPS) is 1.33. The summed E-state index contributed by atoms with van der Waals surface area (Å²) in [4.78, 5) is 0. The Labute approximate surface area is 128 Å². The molecular weight excluding hydrogens is 480 g/mol. The van der Waals surface area contributed by atoms with Crippen molar-refractivity contribution < 1.29 is 8.92 Å². The van der Waals surface area contributed by atoms with E-state index in [4.69, 9.17) is 8.92 Å². The van der Waals surface area contributed by atoms with Crippen molar-refractivity contribution in [3.05, 3.63) is 0 Å². The van der Waals surface area contributed by atoms with Crippen LogP contribution in [-0.4, -0.2) is 105 Å². The summed E-state index contributed by atoms with van der Waals surface area (Å²) in [5.41, 5.74) is 0. The van der Waals surface area contributed by atoms with Crippen molar-refractivity contribution in [1.29, 1.82) is 0 Å². The molecule has 0 saturated carbocycles. The van der Waals surface area contributed by atoms with Crippen LogP contribution < -0.4 is 0 Å². The molecule has 0 fully saturated rings. The zero-order valence-electron chi connectivity index (χ0n) is 3.19. The van der Waals surface area contributed by atoms with Crippen molar-refractivity contribution in [1.82, 2.24) is 0 Å². The second kappa shape index (κ2) is 24.0. The predicted octanol–water partition coefficient (Wildman–Crippen LogP) is -0.534. The molecule has 6 heteroatoms. The van der Waals surface area contributed by atoms with Gasteiger partial charge >= 0.3 is 9.29 Å². The quantitative estimate of drug-likeness (QED) is 0.438. The first-order valence-corrected chi connectivity index (χ1v) is 1.22. The topological polar surface area (TPSA) is 34.1 Å². The Morgan fingerprint density at radius 1 is 1.17 bits per heavy atom. The van der Waals surface area contributed by atoms with Crippen LogP contribution in [0.25, 0.3) is 0 Å². The van der Waals surface area contributed by atoms with Crippen LogP contribution in [0, 0.1) is 0 Å². The zero-order valence-corrected chi connectivity index (χ0v) is 15.9. The summed E-state index contributed by atoms with van der Waals surface area (Å²) in [7, 11) is -1.42. The second-order valence-corrected chi connectivity index (χ2v) is 0.250. The van der Waals surface area contributed by atoms with Gasteiger partial charge in [0.15, 0.2) is 0 Å². The first kappa shape index (κ1) is 22.8. The van der Waals surface area contributed by atoms with Crippen LogP contribution in [0.4, 0.5) is 0 Å². The maximum Gasteiger partial charge on any atom is 0.549 e.